The van der Waals surface area contributed by atoms with Gasteiger partial charge in [-0.25, -0.2) is 4.57 Å². The van der Waals surface area contributed by atoms with Crippen molar-refractivity contribution in [3.8, 4) is 0 Å². The third-order valence-corrected chi connectivity index (χ3v) is 8.47. The molecule has 1 amide bonds. The zero-order valence-corrected chi connectivity index (χ0v) is 29.3. The molecule has 0 saturated heterocycles. The van der Waals surface area contributed by atoms with Crippen molar-refractivity contribution in [2.24, 2.45) is 0 Å². The molecule has 254 valence electrons. The number of aliphatic hydroxyl groups is 1. The number of hydrogen-bond donors (Lipinski definition) is 3. The minimum Gasteiger partial charge on any atom is -0.387 e. The number of phosphoric ester groups is 1. The van der Waals surface area contributed by atoms with Gasteiger partial charge in [0, 0.05) is 6.42 Å². The van der Waals surface area contributed by atoms with Crippen LogP contribution in [0.2, 0.25) is 0 Å². The smallest absolute Gasteiger partial charge is 0.387 e. The number of likely N-dealkylation sites (N-methyl/N-ethyl adjacent to an activating group) is 1. The predicted octanol–water partition coefficient (Wildman–Crippen LogP) is 8.24. The summed E-state index contributed by atoms with van der Waals surface area (Å²) < 4.78 is 22.9. The van der Waals surface area contributed by atoms with Crippen LogP contribution in [0.5, 0.6) is 0 Å². The van der Waals surface area contributed by atoms with Crippen molar-refractivity contribution < 1.29 is 32.9 Å². The van der Waals surface area contributed by atoms with Gasteiger partial charge in [-0.15, -0.1) is 0 Å². The van der Waals surface area contributed by atoms with Crippen molar-refractivity contribution in [1.29, 1.82) is 0 Å². The number of unbranched alkanes of at least 4 members (excludes halogenated alkanes) is 16. The largest absolute Gasteiger partial charge is 0.472 e. The molecular formula is C34H68N2O6P+. The number of allylic oxidation sites excluding steroid dienone is 3. The van der Waals surface area contributed by atoms with Gasteiger partial charge in [0.2, 0.25) is 5.91 Å². The quantitative estimate of drug-likeness (QED) is 0.0319. The second-order valence-electron chi connectivity index (χ2n) is 12.8. The van der Waals surface area contributed by atoms with E-state index in [1.54, 1.807) is 13.0 Å². The van der Waals surface area contributed by atoms with E-state index in [1.165, 1.54) is 96.3 Å². The molecule has 0 radical (unpaired) electrons. The molecule has 3 N–H and O–H groups in total. The van der Waals surface area contributed by atoms with Crippen LogP contribution in [0.4, 0.5) is 0 Å². The van der Waals surface area contributed by atoms with Gasteiger partial charge in [0.1, 0.15) is 13.2 Å². The summed E-state index contributed by atoms with van der Waals surface area (Å²) in [7, 11) is 1.54. The summed E-state index contributed by atoms with van der Waals surface area (Å²) in [4.78, 5) is 21.9. The molecule has 0 heterocycles. The summed E-state index contributed by atoms with van der Waals surface area (Å²) in [5.74, 6) is -0.276. The van der Waals surface area contributed by atoms with Gasteiger partial charge in [0.25, 0.3) is 0 Å². The highest BCUT2D eigenvalue weighted by molar-refractivity contribution is 7.47. The SMILES string of the molecule is CCCCCCCCCCCCCCCCC/C=C/CC/C=C/C(O)C(COP(=O)(O)OCC[N+](C)(C)C)NC(=O)CC. The van der Waals surface area contributed by atoms with E-state index in [0.29, 0.717) is 11.0 Å². The van der Waals surface area contributed by atoms with E-state index in [1.807, 2.05) is 27.2 Å². The van der Waals surface area contributed by atoms with Crippen LogP contribution in [-0.4, -0.2) is 73.4 Å². The highest BCUT2D eigenvalue weighted by atomic mass is 31.2. The summed E-state index contributed by atoms with van der Waals surface area (Å²) in [5.41, 5.74) is 0. The lowest BCUT2D eigenvalue weighted by molar-refractivity contribution is -0.870. The number of aliphatic hydroxyl groups excluding tert-OH is 1. The van der Waals surface area contributed by atoms with Gasteiger partial charge in [0.15, 0.2) is 0 Å². The average Bonchev–Trinajstić information content (AvgIpc) is 2.94. The number of nitrogens with one attached hydrogen (secondary N) is 1. The van der Waals surface area contributed by atoms with Crippen LogP contribution in [0.3, 0.4) is 0 Å². The Balaban J connectivity index is 4.01. The number of carbonyl (C=O) groups is 1. The Hall–Kier alpha value is -1.02. The molecule has 0 aromatic carbocycles. The van der Waals surface area contributed by atoms with Gasteiger partial charge in [-0.1, -0.05) is 128 Å². The Labute approximate surface area is 264 Å². The Morgan fingerprint density at radius 3 is 1.77 bits per heavy atom. The fourth-order valence-corrected chi connectivity index (χ4v) is 5.34. The summed E-state index contributed by atoms with van der Waals surface area (Å²) in [6, 6.07) is -0.855. The molecule has 0 saturated carbocycles. The molecule has 0 aromatic heterocycles. The normalized spacial score (nSPS) is 15.2. The highest BCUT2D eigenvalue weighted by Gasteiger charge is 2.27. The van der Waals surface area contributed by atoms with E-state index in [9.17, 15) is 19.4 Å². The summed E-state index contributed by atoms with van der Waals surface area (Å²) in [6.45, 7) is 4.22. The zero-order valence-electron chi connectivity index (χ0n) is 28.4. The fraction of sp³-hybridized carbons (Fsp3) is 0.853. The molecule has 43 heavy (non-hydrogen) atoms. The Morgan fingerprint density at radius 1 is 0.767 bits per heavy atom. The van der Waals surface area contributed by atoms with Crippen molar-refractivity contribution in [3.63, 3.8) is 0 Å². The molecule has 0 spiro atoms. The van der Waals surface area contributed by atoms with Gasteiger partial charge in [-0.2, -0.15) is 0 Å². The lowest BCUT2D eigenvalue weighted by Crippen LogP contribution is -2.45. The molecule has 3 atom stereocenters. The van der Waals surface area contributed by atoms with E-state index in [2.05, 4.69) is 24.4 Å². The predicted molar refractivity (Wildman–Crippen MR) is 180 cm³/mol. The molecule has 0 aliphatic rings. The molecule has 0 fully saturated rings. The van der Waals surface area contributed by atoms with Gasteiger partial charge >= 0.3 is 7.82 Å². The maximum Gasteiger partial charge on any atom is 0.472 e. The fourth-order valence-electron chi connectivity index (χ4n) is 4.61. The molecule has 0 bridgehead atoms. The first kappa shape index (κ1) is 42.0. The lowest BCUT2D eigenvalue weighted by atomic mass is 10.0. The monoisotopic (exact) mass is 631 g/mol. The van der Waals surface area contributed by atoms with Crippen LogP contribution < -0.4 is 5.32 Å². The molecule has 8 nitrogen and oxygen atoms in total. The van der Waals surface area contributed by atoms with E-state index >= 15 is 0 Å². The Morgan fingerprint density at radius 2 is 1.26 bits per heavy atom. The standard InChI is InChI=1S/C34H67N2O6P/c1-6-8-9-10-11-12-13-14-15-16-17-18-19-20-21-22-23-24-25-26-27-28-33(37)32(35-34(38)7-2)31-42-43(39,40)41-30-29-36(3,4)5/h23-24,27-28,32-33,37H,6-22,25-26,29-31H2,1-5H3,(H-,35,38,39,40)/p+1/b24-23+,28-27+. The minimum atomic E-state index is -4.30. The summed E-state index contributed by atoms with van der Waals surface area (Å²) in [6.07, 6.45) is 30.5. The third-order valence-electron chi connectivity index (χ3n) is 7.49. The zero-order chi connectivity index (χ0) is 32.2. The van der Waals surface area contributed by atoms with Crippen LogP contribution in [0, 0.1) is 0 Å². The maximum atomic E-state index is 12.2. The molecule has 3 unspecified atom stereocenters. The van der Waals surface area contributed by atoms with Crippen LogP contribution in [0.15, 0.2) is 24.3 Å². The topological polar surface area (TPSA) is 105 Å². The van der Waals surface area contributed by atoms with Gasteiger partial charge in [0.05, 0.1) is 39.9 Å². The Bertz CT molecular complexity index is 768. The molecule has 0 aliphatic carbocycles. The van der Waals surface area contributed by atoms with Crippen LogP contribution >= 0.6 is 7.82 Å². The number of nitrogens with zero attached hydrogens (tertiary/aromatic N) is 1. The molecule has 0 aliphatic heterocycles. The van der Waals surface area contributed by atoms with E-state index in [0.717, 1.165) is 19.3 Å². The number of hydrogen-bond acceptors (Lipinski definition) is 5. The van der Waals surface area contributed by atoms with E-state index in [4.69, 9.17) is 9.05 Å². The third kappa shape index (κ3) is 29.5. The number of amides is 1. The van der Waals surface area contributed by atoms with Crippen LogP contribution in [-0.2, 0) is 18.4 Å². The lowest BCUT2D eigenvalue weighted by Gasteiger charge is -2.25. The summed E-state index contributed by atoms with van der Waals surface area (Å²) >= 11 is 0. The second-order valence-corrected chi connectivity index (χ2v) is 14.3. The van der Waals surface area contributed by atoms with E-state index < -0.39 is 20.0 Å². The number of carbonyl (C=O) groups excluding carboxylic acids is 1. The van der Waals surface area contributed by atoms with Crippen LogP contribution in [0.25, 0.3) is 0 Å². The first-order valence-electron chi connectivity index (χ1n) is 17.2. The Kier molecular flexibility index (Phi) is 26.7. The first-order valence-corrected chi connectivity index (χ1v) is 18.7. The number of quaternary nitrogens is 1. The minimum absolute atomic E-state index is 0.0542. The number of rotatable bonds is 30. The maximum absolute atomic E-state index is 12.2. The van der Waals surface area contributed by atoms with Crippen molar-refractivity contribution >= 4 is 13.7 Å². The van der Waals surface area contributed by atoms with Crippen LogP contribution in [0.1, 0.15) is 136 Å². The summed E-state index contributed by atoms with van der Waals surface area (Å²) in [5, 5.41) is 13.2. The average molecular weight is 632 g/mol. The van der Waals surface area contributed by atoms with Gasteiger partial charge < -0.3 is 19.8 Å². The molecular weight excluding hydrogens is 563 g/mol. The van der Waals surface area contributed by atoms with Gasteiger partial charge in [-0.05, 0) is 25.7 Å². The van der Waals surface area contributed by atoms with E-state index in [-0.39, 0.29) is 25.5 Å². The highest BCUT2D eigenvalue weighted by Crippen LogP contribution is 2.43. The number of phosphoric acid groups is 1. The van der Waals surface area contributed by atoms with Crippen molar-refractivity contribution in [2.45, 2.75) is 148 Å². The van der Waals surface area contributed by atoms with Crippen molar-refractivity contribution in [1.82, 2.24) is 5.32 Å². The van der Waals surface area contributed by atoms with Gasteiger partial charge in [-0.3, -0.25) is 13.8 Å². The first-order chi connectivity index (χ1) is 20.5. The molecule has 0 aromatic rings. The van der Waals surface area contributed by atoms with Crippen molar-refractivity contribution in [3.05, 3.63) is 24.3 Å². The second kappa shape index (κ2) is 27.3. The molecule has 0 rings (SSSR count). The molecule has 9 heteroatoms. The van der Waals surface area contributed by atoms with Crippen molar-refractivity contribution in [2.75, 3.05) is 40.9 Å².